The van der Waals surface area contributed by atoms with E-state index in [1.807, 2.05) is 6.92 Å². The van der Waals surface area contributed by atoms with Gasteiger partial charge in [-0.15, -0.1) is 0 Å². The minimum absolute atomic E-state index is 0.119. The molecule has 2 heterocycles. The molecule has 1 aromatic rings. The standard InChI is InChI=1S/C14H20N2O2/c1-3-6-11-9-12(13(17)15-10(11)2)14(18)16-7-4-5-8-16/h9H,3-8H2,1-2H3,(H,15,17). The van der Waals surface area contributed by atoms with Crippen LogP contribution in [0.15, 0.2) is 10.9 Å². The first-order valence-electron chi connectivity index (χ1n) is 6.65. The fourth-order valence-corrected chi connectivity index (χ4v) is 2.44. The molecule has 1 amide bonds. The highest BCUT2D eigenvalue weighted by molar-refractivity contribution is 5.94. The number of carbonyl (C=O) groups excluding carboxylic acids is 1. The van der Waals surface area contributed by atoms with E-state index in [4.69, 9.17) is 0 Å². The molecule has 0 radical (unpaired) electrons. The van der Waals surface area contributed by atoms with E-state index >= 15 is 0 Å². The molecule has 98 valence electrons. The highest BCUT2D eigenvalue weighted by Gasteiger charge is 2.22. The second kappa shape index (κ2) is 5.38. The second-order valence-electron chi connectivity index (χ2n) is 4.91. The number of carbonyl (C=O) groups is 1. The number of H-pyrrole nitrogens is 1. The molecule has 1 aromatic heterocycles. The first-order chi connectivity index (χ1) is 8.63. The molecule has 0 unspecified atom stereocenters. The summed E-state index contributed by atoms with van der Waals surface area (Å²) in [6.07, 6.45) is 3.97. The average molecular weight is 248 g/mol. The van der Waals surface area contributed by atoms with Crippen molar-refractivity contribution in [2.24, 2.45) is 0 Å². The summed E-state index contributed by atoms with van der Waals surface area (Å²) < 4.78 is 0. The van der Waals surface area contributed by atoms with Gasteiger partial charge in [-0.25, -0.2) is 0 Å². The van der Waals surface area contributed by atoms with Crippen LogP contribution >= 0.6 is 0 Å². The van der Waals surface area contributed by atoms with Crippen molar-refractivity contribution in [3.63, 3.8) is 0 Å². The number of nitrogens with one attached hydrogen (secondary N) is 1. The maximum absolute atomic E-state index is 12.2. The van der Waals surface area contributed by atoms with Gasteiger partial charge in [0.2, 0.25) is 0 Å². The van der Waals surface area contributed by atoms with Crippen LogP contribution in [0.25, 0.3) is 0 Å². The van der Waals surface area contributed by atoms with Gasteiger partial charge in [-0.05, 0) is 37.8 Å². The smallest absolute Gasteiger partial charge is 0.261 e. The molecule has 4 heteroatoms. The van der Waals surface area contributed by atoms with E-state index in [1.54, 1.807) is 11.0 Å². The molecular formula is C14H20N2O2. The van der Waals surface area contributed by atoms with E-state index < -0.39 is 0 Å². The third-order valence-corrected chi connectivity index (χ3v) is 3.49. The highest BCUT2D eigenvalue weighted by atomic mass is 16.2. The van der Waals surface area contributed by atoms with Gasteiger partial charge in [0.25, 0.3) is 11.5 Å². The fraction of sp³-hybridized carbons (Fsp3) is 0.571. The van der Waals surface area contributed by atoms with Crippen LogP contribution in [0.3, 0.4) is 0 Å². The van der Waals surface area contributed by atoms with Gasteiger partial charge in [0.15, 0.2) is 0 Å². The number of hydrogen-bond acceptors (Lipinski definition) is 2. The molecule has 1 aliphatic rings. The van der Waals surface area contributed by atoms with Crippen LogP contribution in [-0.2, 0) is 6.42 Å². The fourth-order valence-electron chi connectivity index (χ4n) is 2.44. The predicted octanol–water partition coefficient (Wildman–Crippen LogP) is 1.87. The predicted molar refractivity (Wildman–Crippen MR) is 70.9 cm³/mol. The van der Waals surface area contributed by atoms with Gasteiger partial charge in [-0.2, -0.15) is 0 Å². The van der Waals surface area contributed by atoms with Gasteiger partial charge in [-0.3, -0.25) is 9.59 Å². The quantitative estimate of drug-likeness (QED) is 0.887. The number of pyridine rings is 1. The molecule has 0 atom stereocenters. The summed E-state index contributed by atoms with van der Waals surface area (Å²) in [7, 11) is 0. The molecule has 1 aliphatic heterocycles. The SMILES string of the molecule is CCCc1cc(C(=O)N2CCCC2)c(=O)[nH]c1C. The number of aromatic nitrogens is 1. The van der Waals surface area contributed by atoms with E-state index in [-0.39, 0.29) is 11.5 Å². The Balaban J connectivity index is 2.34. The third-order valence-electron chi connectivity index (χ3n) is 3.49. The lowest BCUT2D eigenvalue weighted by atomic mass is 10.1. The molecule has 1 saturated heterocycles. The minimum atomic E-state index is -0.260. The lowest BCUT2D eigenvalue weighted by molar-refractivity contribution is 0.0791. The minimum Gasteiger partial charge on any atom is -0.338 e. The first kappa shape index (κ1) is 12.9. The van der Waals surface area contributed by atoms with Gasteiger partial charge in [0.05, 0.1) is 0 Å². The van der Waals surface area contributed by atoms with Crippen LogP contribution < -0.4 is 5.56 Å². The summed E-state index contributed by atoms with van der Waals surface area (Å²) in [4.78, 5) is 28.7. The zero-order valence-electron chi connectivity index (χ0n) is 11.1. The molecule has 1 N–H and O–H groups in total. The molecule has 4 nitrogen and oxygen atoms in total. The van der Waals surface area contributed by atoms with Crippen LogP contribution in [0.2, 0.25) is 0 Å². The van der Waals surface area contributed by atoms with Crippen molar-refractivity contribution in [3.8, 4) is 0 Å². The van der Waals surface area contributed by atoms with E-state index in [0.29, 0.717) is 5.56 Å². The summed E-state index contributed by atoms with van der Waals surface area (Å²) in [6, 6.07) is 1.78. The van der Waals surface area contributed by atoms with Crippen LogP contribution in [0.5, 0.6) is 0 Å². The molecule has 0 saturated carbocycles. The number of hydrogen-bond donors (Lipinski definition) is 1. The number of aromatic amines is 1. The molecule has 0 spiro atoms. The van der Waals surface area contributed by atoms with Crippen molar-refractivity contribution in [2.45, 2.75) is 39.5 Å². The highest BCUT2D eigenvalue weighted by Crippen LogP contribution is 2.13. The lowest BCUT2D eigenvalue weighted by Gasteiger charge is -2.15. The van der Waals surface area contributed by atoms with Crippen molar-refractivity contribution in [1.29, 1.82) is 0 Å². The molecule has 0 bridgehead atoms. The largest absolute Gasteiger partial charge is 0.338 e. The van der Waals surface area contributed by atoms with E-state index in [0.717, 1.165) is 50.0 Å². The van der Waals surface area contributed by atoms with Crippen molar-refractivity contribution in [1.82, 2.24) is 9.88 Å². The van der Waals surface area contributed by atoms with Crippen molar-refractivity contribution < 1.29 is 4.79 Å². The van der Waals surface area contributed by atoms with Crippen LogP contribution in [0.1, 0.15) is 47.8 Å². The summed E-state index contributed by atoms with van der Waals surface area (Å²) >= 11 is 0. The van der Waals surface area contributed by atoms with Gasteiger partial charge in [-0.1, -0.05) is 13.3 Å². The number of nitrogens with zero attached hydrogens (tertiary/aromatic N) is 1. The average Bonchev–Trinajstić information content (AvgIpc) is 2.85. The number of aryl methyl sites for hydroxylation is 2. The van der Waals surface area contributed by atoms with Gasteiger partial charge in [0, 0.05) is 18.8 Å². The zero-order chi connectivity index (χ0) is 13.1. The van der Waals surface area contributed by atoms with Crippen LogP contribution in [-0.4, -0.2) is 28.9 Å². The van der Waals surface area contributed by atoms with Gasteiger partial charge >= 0.3 is 0 Å². The topological polar surface area (TPSA) is 53.2 Å². The third kappa shape index (κ3) is 2.47. The van der Waals surface area contributed by atoms with Crippen molar-refractivity contribution >= 4 is 5.91 Å². The number of rotatable bonds is 3. The Kier molecular flexibility index (Phi) is 3.84. The summed E-state index contributed by atoms with van der Waals surface area (Å²) in [5, 5.41) is 0. The van der Waals surface area contributed by atoms with E-state index in [1.165, 1.54) is 0 Å². The van der Waals surface area contributed by atoms with E-state index in [2.05, 4.69) is 11.9 Å². The summed E-state index contributed by atoms with van der Waals surface area (Å²) in [5.41, 5.74) is 1.98. The van der Waals surface area contributed by atoms with Crippen molar-refractivity contribution in [2.75, 3.05) is 13.1 Å². The van der Waals surface area contributed by atoms with Gasteiger partial charge < -0.3 is 9.88 Å². The maximum atomic E-state index is 12.2. The summed E-state index contributed by atoms with van der Waals surface area (Å²) in [5.74, 6) is -0.119. The van der Waals surface area contributed by atoms with E-state index in [9.17, 15) is 9.59 Å². The van der Waals surface area contributed by atoms with Gasteiger partial charge in [0.1, 0.15) is 5.56 Å². The molecule has 1 fully saturated rings. The Hall–Kier alpha value is -1.58. The maximum Gasteiger partial charge on any atom is 0.261 e. The van der Waals surface area contributed by atoms with Crippen LogP contribution in [0, 0.1) is 6.92 Å². The Morgan fingerprint density at radius 2 is 2.06 bits per heavy atom. The second-order valence-corrected chi connectivity index (χ2v) is 4.91. The van der Waals surface area contributed by atoms with Crippen LogP contribution in [0.4, 0.5) is 0 Å². The monoisotopic (exact) mass is 248 g/mol. The molecule has 0 aliphatic carbocycles. The molecule has 2 rings (SSSR count). The van der Waals surface area contributed by atoms with Crippen molar-refractivity contribution in [3.05, 3.63) is 33.2 Å². The lowest BCUT2D eigenvalue weighted by Crippen LogP contribution is -2.33. The Morgan fingerprint density at radius 3 is 2.67 bits per heavy atom. The molecule has 0 aromatic carbocycles. The normalized spacial score (nSPS) is 15.1. The first-order valence-corrected chi connectivity index (χ1v) is 6.65. The Morgan fingerprint density at radius 1 is 1.39 bits per heavy atom. The Bertz CT molecular complexity index is 499. The number of likely N-dealkylation sites (tertiary alicyclic amines) is 1. The Labute approximate surface area is 107 Å². The summed E-state index contributed by atoms with van der Waals surface area (Å²) in [6.45, 7) is 5.52. The number of amides is 1. The zero-order valence-corrected chi connectivity index (χ0v) is 11.1. The molecule has 18 heavy (non-hydrogen) atoms. The molecular weight excluding hydrogens is 228 g/mol.